The summed E-state index contributed by atoms with van der Waals surface area (Å²) < 4.78 is 9.50. The van der Waals surface area contributed by atoms with Gasteiger partial charge in [0.2, 0.25) is 0 Å². The van der Waals surface area contributed by atoms with Gasteiger partial charge in [-0.15, -0.1) is 0 Å². The highest BCUT2D eigenvalue weighted by atomic mass is 15.2. The third kappa shape index (κ3) is 14.2. The average Bonchev–Trinajstić information content (AvgIpc) is 1.57. The normalized spacial score (nSPS) is 12.2. The Hall–Kier alpha value is -18.1. The highest BCUT2D eigenvalue weighted by molar-refractivity contribution is 6.14. The van der Waals surface area contributed by atoms with Crippen molar-refractivity contribution < 1.29 is 0 Å². The summed E-state index contributed by atoms with van der Waals surface area (Å²) >= 11 is 0. The van der Waals surface area contributed by atoms with Crippen LogP contribution in [0.15, 0.2) is 522 Å². The van der Waals surface area contributed by atoms with Crippen LogP contribution in [0.25, 0.3) is 199 Å². The van der Waals surface area contributed by atoms with Crippen molar-refractivity contribution >= 4 is 132 Å². The SMILES string of the molecule is CC1(C)c2cc(-c3ccc(-n4c5ccccc5c5ccccc54)cc3)ccc2-c2ccc(N(c3ccc(-c4ccc5c(c4)c4ccccc4n5-c4ccccc4)cc3)c3cccc4ccccc34)cc21.c1ccc(-c2ccc(N(c3ccc(-c4ccc(-c5ccc(-n6c7ccccc7c7ccccc76)cc5)cc4)cc3)c3ccc(-c4ccc5c(c4)c4ccccc4n5-c4ccccc4)cc3)cc2)cc1. The molecule has 4 aromatic heterocycles. The highest BCUT2D eigenvalue weighted by Crippen LogP contribution is 2.54. The summed E-state index contributed by atoms with van der Waals surface area (Å²) in [5.41, 5.74) is 40.5. The molecule has 0 aliphatic heterocycles. The lowest BCUT2D eigenvalue weighted by atomic mass is 9.81. The minimum atomic E-state index is -0.226. The summed E-state index contributed by atoms with van der Waals surface area (Å²) in [6, 6.07) is 191. The molecule has 0 bridgehead atoms. The topological polar surface area (TPSA) is 26.2 Å². The molecule has 0 spiro atoms. The molecular formula is C133H92N6. The zero-order valence-corrected chi connectivity index (χ0v) is 76.8. The zero-order valence-electron chi connectivity index (χ0n) is 76.8. The van der Waals surface area contributed by atoms with Crippen LogP contribution >= 0.6 is 0 Å². The van der Waals surface area contributed by atoms with E-state index in [9.17, 15) is 0 Å². The van der Waals surface area contributed by atoms with Crippen LogP contribution in [0, 0.1) is 0 Å². The Morgan fingerprint density at radius 2 is 0.403 bits per heavy atom. The second-order valence-corrected chi connectivity index (χ2v) is 37.1. The maximum absolute atomic E-state index is 2.45. The Morgan fingerprint density at radius 3 is 0.791 bits per heavy atom. The maximum Gasteiger partial charge on any atom is 0.0541 e. The van der Waals surface area contributed by atoms with Gasteiger partial charge in [-0.3, -0.25) is 0 Å². The molecular weight excluding hydrogens is 1680 g/mol. The number of nitrogens with zero attached hydrogens (tertiary/aromatic N) is 6. The molecule has 0 unspecified atom stereocenters. The van der Waals surface area contributed by atoms with Gasteiger partial charge in [-0.05, 0) is 276 Å². The largest absolute Gasteiger partial charge is 0.311 e. The van der Waals surface area contributed by atoms with Crippen molar-refractivity contribution in [1.29, 1.82) is 0 Å². The Bertz CT molecular complexity index is 9100. The van der Waals surface area contributed by atoms with Crippen LogP contribution in [0.4, 0.5) is 34.1 Å². The van der Waals surface area contributed by atoms with Crippen molar-refractivity contribution in [3.8, 4) is 101 Å². The van der Waals surface area contributed by atoms with Crippen LogP contribution in [0.5, 0.6) is 0 Å². The van der Waals surface area contributed by atoms with E-state index in [2.05, 4.69) is 564 Å². The van der Waals surface area contributed by atoms with E-state index in [1.165, 1.54) is 193 Å². The third-order valence-corrected chi connectivity index (χ3v) is 28.9. The number of anilines is 6. The Kier molecular flexibility index (Phi) is 19.9. The monoisotopic (exact) mass is 1770 g/mol. The van der Waals surface area contributed by atoms with E-state index in [0.717, 1.165) is 51.2 Å². The van der Waals surface area contributed by atoms with Gasteiger partial charge in [-0.25, -0.2) is 0 Å². The van der Waals surface area contributed by atoms with Crippen molar-refractivity contribution in [2.75, 3.05) is 9.80 Å². The fourth-order valence-electron chi connectivity index (χ4n) is 22.0. The van der Waals surface area contributed by atoms with Crippen molar-refractivity contribution in [1.82, 2.24) is 18.3 Å². The fourth-order valence-corrected chi connectivity index (χ4v) is 22.0. The van der Waals surface area contributed by atoms with Gasteiger partial charge < -0.3 is 28.1 Å². The number of rotatable bonds is 16. The first-order valence-corrected chi connectivity index (χ1v) is 48.0. The van der Waals surface area contributed by atoms with E-state index in [1.54, 1.807) is 0 Å². The van der Waals surface area contributed by atoms with Gasteiger partial charge in [0, 0.05) is 105 Å². The number of fused-ring (bicyclic) bond motifs is 16. The van der Waals surface area contributed by atoms with Crippen molar-refractivity contribution in [2.45, 2.75) is 19.3 Å². The predicted molar refractivity (Wildman–Crippen MR) is 587 cm³/mol. The molecule has 6 heteroatoms. The molecule has 1 aliphatic carbocycles. The van der Waals surface area contributed by atoms with E-state index >= 15 is 0 Å². The zero-order chi connectivity index (χ0) is 92.2. The Morgan fingerprint density at radius 1 is 0.158 bits per heavy atom. The minimum absolute atomic E-state index is 0.226. The Labute approximate surface area is 807 Å². The smallest absolute Gasteiger partial charge is 0.0541 e. The molecule has 0 radical (unpaired) electrons. The lowest BCUT2D eigenvalue weighted by Gasteiger charge is -2.29. The molecule has 26 aromatic rings. The molecule has 0 N–H and O–H groups in total. The molecule has 4 heterocycles. The van der Waals surface area contributed by atoms with Crippen LogP contribution < -0.4 is 9.80 Å². The van der Waals surface area contributed by atoms with Crippen molar-refractivity contribution in [2.24, 2.45) is 0 Å². The average molecular weight is 1770 g/mol. The van der Waals surface area contributed by atoms with Crippen LogP contribution in [0.1, 0.15) is 25.0 Å². The molecule has 0 saturated carbocycles. The maximum atomic E-state index is 2.45. The fraction of sp³-hybridized carbons (Fsp3) is 0.0226. The van der Waals surface area contributed by atoms with Gasteiger partial charge in [0.15, 0.2) is 0 Å². The van der Waals surface area contributed by atoms with Gasteiger partial charge in [0.1, 0.15) is 0 Å². The first kappa shape index (κ1) is 81.6. The summed E-state index contributed by atoms with van der Waals surface area (Å²) in [6.07, 6.45) is 0. The third-order valence-electron chi connectivity index (χ3n) is 28.9. The van der Waals surface area contributed by atoms with Gasteiger partial charge >= 0.3 is 0 Å². The predicted octanol–water partition coefficient (Wildman–Crippen LogP) is 36.2. The standard InChI is InChI=1S/C67H47N3.C66H45N3/c1-67(2)60-42-48(45-29-35-51(36-30-45)70-63-23-11-8-20-56(63)57-21-9-12-24-64(57)70)31-38-54(60)55-39-37-52(43-61(55)67)68(62-26-14-16-46-15-6-7-19-53(46)62)50-33-27-44(28-34-50)47-32-40-66-59(41-47)58-22-10-13-25-65(58)69(66)49-17-4-3-5-18-49;1-3-13-46(14-4-1)49-27-36-55(37-28-49)67(57-40-33-52(34-41-57)53-35-44-66-62(45-53)61-19-9-12-22-65(61)68(66)54-15-5-2-6-16-54)56-38-29-50(30-39-56)47-23-25-48(26-24-47)51-31-42-58(43-32-51)69-63-20-10-7-17-59(63)60-18-8-11-21-64(60)69/h3-43H,1-2H3;1-45H. The minimum Gasteiger partial charge on any atom is -0.311 e. The number of benzene rings is 22. The molecule has 0 atom stereocenters. The van der Waals surface area contributed by atoms with E-state index in [0.29, 0.717) is 0 Å². The molecule has 22 aromatic carbocycles. The van der Waals surface area contributed by atoms with Gasteiger partial charge in [-0.1, -0.05) is 354 Å². The molecule has 0 amide bonds. The quantitative estimate of drug-likeness (QED) is 0.0964. The van der Waals surface area contributed by atoms with Crippen molar-refractivity contribution in [3.63, 3.8) is 0 Å². The summed E-state index contributed by atoms with van der Waals surface area (Å²) in [4.78, 5) is 4.80. The van der Waals surface area contributed by atoms with Crippen LogP contribution in [0.2, 0.25) is 0 Å². The number of aromatic nitrogens is 4. The second-order valence-electron chi connectivity index (χ2n) is 37.1. The Balaban J connectivity index is 0.000000143. The van der Waals surface area contributed by atoms with Crippen LogP contribution in [0.3, 0.4) is 0 Å². The van der Waals surface area contributed by atoms with E-state index < -0.39 is 0 Å². The first-order valence-electron chi connectivity index (χ1n) is 48.0. The molecule has 139 heavy (non-hydrogen) atoms. The molecule has 0 saturated heterocycles. The van der Waals surface area contributed by atoms with Gasteiger partial charge in [0.25, 0.3) is 0 Å². The van der Waals surface area contributed by atoms with Gasteiger partial charge in [-0.2, -0.15) is 0 Å². The second kappa shape index (κ2) is 33.8. The molecule has 654 valence electrons. The van der Waals surface area contributed by atoms with E-state index in [-0.39, 0.29) is 5.41 Å². The molecule has 27 rings (SSSR count). The highest BCUT2D eigenvalue weighted by Gasteiger charge is 2.37. The number of para-hydroxylation sites is 8. The van der Waals surface area contributed by atoms with E-state index in [1.807, 2.05) is 0 Å². The summed E-state index contributed by atoms with van der Waals surface area (Å²) in [6.45, 7) is 4.78. The number of hydrogen-bond acceptors (Lipinski definition) is 2. The molecule has 0 fully saturated rings. The molecule has 6 nitrogen and oxygen atoms in total. The lowest BCUT2D eigenvalue weighted by molar-refractivity contribution is 0.660. The number of hydrogen-bond donors (Lipinski definition) is 0. The summed E-state index contributed by atoms with van der Waals surface area (Å²) in [5, 5.41) is 12.5. The van der Waals surface area contributed by atoms with E-state index in [4.69, 9.17) is 0 Å². The molecule has 1 aliphatic rings. The van der Waals surface area contributed by atoms with Crippen molar-refractivity contribution in [3.05, 3.63) is 533 Å². The van der Waals surface area contributed by atoms with Crippen LogP contribution in [-0.2, 0) is 5.41 Å². The van der Waals surface area contributed by atoms with Crippen LogP contribution in [-0.4, -0.2) is 18.3 Å². The lowest BCUT2D eigenvalue weighted by Crippen LogP contribution is -2.16. The summed E-state index contributed by atoms with van der Waals surface area (Å²) in [7, 11) is 0. The summed E-state index contributed by atoms with van der Waals surface area (Å²) in [5.74, 6) is 0. The first-order chi connectivity index (χ1) is 68.7. The van der Waals surface area contributed by atoms with Gasteiger partial charge in [0.05, 0.1) is 49.8 Å².